The van der Waals surface area contributed by atoms with E-state index in [4.69, 9.17) is 0 Å². The van der Waals surface area contributed by atoms with Crippen LogP contribution in [-0.2, 0) is 0 Å². The predicted molar refractivity (Wildman–Crippen MR) is 83.8 cm³/mol. The first-order valence-electron chi connectivity index (χ1n) is 6.86. The Kier molecular flexibility index (Phi) is 2.60. The molecule has 0 bridgehead atoms. The highest BCUT2D eigenvalue weighted by molar-refractivity contribution is 5.85. The van der Waals surface area contributed by atoms with Gasteiger partial charge in [0.15, 0.2) is 0 Å². The summed E-state index contributed by atoms with van der Waals surface area (Å²) in [4.78, 5) is 7.58. The highest BCUT2D eigenvalue weighted by Crippen LogP contribution is 2.27. The number of pyridine rings is 1. The van der Waals surface area contributed by atoms with Crippen molar-refractivity contribution in [2.24, 2.45) is 0 Å². The van der Waals surface area contributed by atoms with Gasteiger partial charge >= 0.3 is 0 Å². The lowest BCUT2D eigenvalue weighted by atomic mass is 10.1. The summed E-state index contributed by atoms with van der Waals surface area (Å²) in [5, 5.41) is 8.70. The van der Waals surface area contributed by atoms with Crippen LogP contribution in [0, 0.1) is 6.92 Å². The van der Waals surface area contributed by atoms with Gasteiger partial charge in [-0.15, -0.1) is 0 Å². The summed E-state index contributed by atoms with van der Waals surface area (Å²) in [6.07, 6.45) is 3.66. The van der Waals surface area contributed by atoms with Crippen LogP contribution in [0.25, 0.3) is 33.5 Å². The number of H-pyrrole nitrogens is 2. The van der Waals surface area contributed by atoms with Gasteiger partial charge in [0.2, 0.25) is 0 Å². The first kappa shape index (κ1) is 11.9. The topological polar surface area (TPSA) is 57.4 Å². The molecular formula is C17H14N4. The van der Waals surface area contributed by atoms with E-state index in [-0.39, 0.29) is 0 Å². The van der Waals surface area contributed by atoms with E-state index in [2.05, 4.69) is 51.4 Å². The Hall–Kier alpha value is -2.88. The Bertz CT molecular complexity index is 884. The molecule has 0 saturated heterocycles. The third-order valence-corrected chi connectivity index (χ3v) is 3.71. The summed E-state index contributed by atoms with van der Waals surface area (Å²) in [6, 6.07) is 14.4. The number of nitrogens with one attached hydrogen (secondary N) is 2. The first-order valence-corrected chi connectivity index (χ1v) is 6.86. The van der Waals surface area contributed by atoms with Crippen LogP contribution in [0.1, 0.15) is 5.56 Å². The monoisotopic (exact) mass is 274 g/mol. The van der Waals surface area contributed by atoms with Crippen LogP contribution in [0.5, 0.6) is 0 Å². The second-order valence-corrected chi connectivity index (χ2v) is 5.13. The second kappa shape index (κ2) is 4.59. The maximum atomic E-state index is 4.42. The van der Waals surface area contributed by atoms with E-state index in [1.165, 1.54) is 10.9 Å². The van der Waals surface area contributed by atoms with E-state index in [1.807, 2.05) is 24.4 Å². The molecule has 0 aliphatic rings. The van der Waals surface area contributed by atoms with E-state index in [1.54, 1.807) is 6.20 Å². The minimum absolute atomic E-state index is 0.907. The number of hydrogen-bond donors (Lipinski definition) is 2. The number of fused-ring (bicyclic) bond motifs is 1. The summed E-state index contributed by atoms with van der Waals surface area (Å²) in [5.41, 5.74) is 6.28. The third kappa shape index (κ3) is 2.01. The fourth-order valence-corrected chi connectivity index (χ4v) is 2.55. The maximum Gasteiger partial charge on any atom is 0.109 e. The molecule has 0 radical (unpaired) electrons. The maximum absolute atomic E-state index is 4.42. The van der Waals surface area contributed by atoms with Crippen LogP contribution in [0.15, 0.2) is 54.9 Å². The highest BCUT2D eigenvalue weighted by Gasteiger charge is 2.10. The Morgan fingerprint density at radius 2 is 1.90 bits per heavy atom. The molecule has 0 atom stereocenters. The number of aromatic amines is 2. The van der Waals surface area contributed by atoms with Crippen molar-refractivity contribution < 1.29 is 0 Å². The molecule has 2 N–H and O–H groups in total. The van der Waals surface area contributed by atoms with Crippen LogP contribution < -0.4 is 0 Å². The zero-order valence-electron chi connectivity index (χ0n) is 11.6. The van der Waals surface area contributed by atoms with Crippen LogP contribution in [0.3, 0.4) is 0 Å². The van der Waals surface area contributed by atoms with Crippen LogP contribution in [0.4, 0.5) is 0 Å². The van der Waals surface area contributed by atoms with Crippen molar-refractivity contribution >= 4 is 10.9 Å². The molecule has 0 spiro atoms. The molecule has 3 heterocycles. The number of para-hydroxylation sites is 1. The lowest BCUT2D eigenvalue weighted by Crippen LogP contribution is -1.84. The minimum Gasteiger partial charge on any atom is -0.353 e. The Balaban J connectivity index is 1.79. The molecule has 3 aromatic heterocycles. The zero-order chi connectivity index (χ0) is 14.2. The van der Waals surface area contributed by atoms with Gasteiger partial charge in [0.1, 0.15) is 5.69 Å². The van der Waals surface area contributed by atoms with Gasteiger partial charge in [-0.25, -0.2) is 0 Å². The van der Waals surface area contributed by atoms with Gasteiger partial charge < -0.3 is 4.98 Å². The molecular weight excluding hydrogens is 260 g/mol. The lowest BCUT2D eigenvalue weighted by molar-refractivity contribution is 1.09. The second-order valence-electron chi connectivity index (χ2n) is 5.13. The zero-order valence-corrected chi connectivity index (χ0v) is 11.6. The van der Waals surface area contributed by atoms with E-state index in [9.17, 15) is 0 Å². The SMILES string of the molecule is Cc1ccncc1-c1cc(-c2cc3ccccc3[nH]2)n[nH]1. The van der Waals surface area contributed by atoms with Crippen molar-refractivity contribution in [1.29, 1.82) is 0 Å². The van der Waals surface area contributed by atoms with Crippen LogP contribution in [0.2, 0.25) is 0 Å². The number of benzene rings is 1. The van der Waals surface area contributed by atoms with E-state index < -0.39 is 0 Å². The molecule has 4 nitrogen and oxygen atoms in total. The Morgan fingerprint density at radius 3 is 2.76 bits per heavy atom. The predicted octanol–water partition coefficient (Wildman–Crippen LogP) is 3.93. The highest BCUT2D eigenvalue weighted by atomic mass is 15.1. The molecule has 0 aliphatic carbocycles. The number of aryl methyl sites for hydroxylation is 1. The van der Waals surface area contributed by atoms with Gasteiger partial charge in [-0.05, 0) is 36.8 Å². The smallest absolute Gasteiger partial charge is 0.109 e. The summed E-state index contributed by atoms with van der Waals surface area (Å²) in [6.45, 7) is 2.07. The van der Waals surface area contributed by atoms with E-state index in [0.717, 1.165) is 28.2 Å². The molecule has 4 heteroatoms. The van der Waals surface area contributed by atoms with Gasteiger partial charge in [0.25, 0.3) is 0 Å². The first-order chi connectivity index (χ1) is 10.3. The molecule has 4 aromatic rings. The Morgan fingerprint density at radius 1 is 1.00 bits per heavy atom. The van der Waals surface area contributed by atoms with Crippen molar-refractivity contribution in [3.8, 4) is 22.6 Å². The molecule has 1 aromatic carbocycles. The fraction of sp³-hybridized carbons (Fsp3) is 0.0588. The average molecular weight is 274 g/mol. The lowest BCUT2D eigenvalue weighted by Gasteiger charge is -1.99. The van der Waals surface area contributed by atoms with Crippen molar-refractivity contribution in [2.45, 2.75) is 6.92 Å². The van der Waals surface area contributed by atoms with Crippen LogP contribution >= 0.6 is 0 Å². The normalized spacial score (nSPS) is 11.1. The molecule has 0 fully saturated rings. The number of nitrogens with zero attached hydrogens (tertiary/aromatic N) is 2. The number of rotatable bonds is 2. The fourth-order valence-electron chi connectivity index (χ4n) is 2.55. The third-order valence-electron chi connectivity index (χ3n) is 3.71. The molecule has 0 saturated carbocycles. The van der Waals surface area contributed by atoms with Gasteiger partial charge in [-0.1, -0.05) is 18.2 Å². The largest absolute Gasteiger partial charge is 0.353 e. The summed E-state index contributed by atoms with van der Waals surface area (Å²) >= 11 is 0. The molecule has 0 unspecified atom stereocenters. The average Bonchev–Trinajstić information content (AvgIpc) is 3.14. The molecule has 0 aliphatic heterocycles. The summed E-state index contributed by atoms with van der Waals surface area (Å²) in [5.74, 6) is 0. The molecule has 102 valence electrons. The van der Waals surface area contributed by atoms with Crippen molar-refractivity contribution in [3.05, 3.63) is 60.4 Å². The van der Waals surface area contributed by atoms with Crippen molar-refractivity contribution in [2.75, 3.05) is 0 Å². The van der Waals surface area contributed by atoms with Gasteiger partial charge in [0.05, 0.1) is 11.4 Å². The van der Waals surface area contributed by atoms with Crippen molar-refractivity contribution in [3.63, 3.8) is 0 Å². The molecule has 21 heavy (non-hydrogen) atoms. The standard InChI is InChI=1S/C17H14N4/c1-11-6-7-18-10-13(11)15-9-17(21-20-15)16-8-12-4-2-3-5-14(12)19-16/h2-10,19H,1H3,(H,20,21). The van der Waals surface area contributed by atoms with E-state index in [0.29, 0.717) is 0 Å². The number of aromatic nitrogens is 4. The molecule has 0 amide bonds. The van der Waals surface area contributed by atoms with E-state index >= 15 is 0 Å². The summed E-state index contributed by atoms with van der Waals surface area (Å²) < 4.78 is 0. The Labute approximate surface area is 121 Å². The van der Waals surface area contributed by atoms with Crippen LogP contribution in [-0.4, -0.2) is 20.2 Å². The quantitative estimate of drug-likeness (QED) is 0.582. The van der Waals surface area contributed by atoms with Gasteiger partial charge in [0, 0.05) is 28.9 Å². The minimum atomic E-state index is 0.907. The van der Waals surface area contributed by atoms with Crippen molar-refractivity contribution in [1.82, 2.24) is 20.2 Å². The van der Waals surface area contributed by atoms with Gasteiger partial charge in [-0.3, -0.25) is 10.1 Å². The van der Waals surface area contributed by atoms with Gasteiger partial charge in [-0.2, -0.15) is 5.10 Å². The number of hydrogen-bond acceptors (Lipinski definition) is 2. The molecule has 4 rings (SSSR count). The summed E-state index contributed by atoms with van der Waals surface area (Å²) in [7, 11) is 0.